The van der Waals surface area contributed by atoms with Crippen molar-refractivity contribution in [3.63, 3.8) is 0 Å². The van der Waals surface area contributed by atoms with Crippen LogP contribution >= 0.6 is 0 Å². The summed E-state index contributed by atoms with van der Waals surface area (Å²) >= 11 is 0. The van der Waals surface area contributed by atoms with Crippen LogP contribution in [-0.4, -0.2) is 32.5 Å². The normalized spacial score (nSPS) is 21.0. The van der Waals surface area contributed by atoms with Crippen LogP contribution in [0.3, 0.4) is 0 Å². The third kappa shape index (κ3) is 5.62. The van der Waals surface area contributed by atoms with Gasteiger partial charge in [0, 0.05) is 12.5 Å². The van der Waals surface area contributed by atoms with Crippen molar-refractivity contribution >= 4 is 6.16 Å². The van der Waals surface area contributed by atoms with Crippen molar-refractivity contribution in [3.05, 3.63) is 0 Å². The van der Waals surface area contributed by atoms with Crippen molar-refractivity contribution in [2.45, 2.75) is 32.6 Å². The fourth-order valence-corrected chi connectivity index (χ4v) is 1.59. The van der Waals surface area contributed by atoms with Gasteiger partial charge in [0.2, 0.25) is 0 Å². The zero-order chi connectivity index (χ0) is 10.9. The zero-order valence-corrected chi connectivity index (χ0v) is 9.46. The number of unbranched alkanes of at least 4 members (excludes halogenated alkanes) is 1. The minimum atomic E-state index is -0.519. The molecule has 0 radical (unpaired) electrons. The van der Waals surface area contributed by atoms with Crippen LogP contribution < -0.4 is 5.32 Å². The molecule has 1 unspecified atom stereocenters. The molecule has 0 aromatic rings. The molecular weight excluding hydrogens is 194 g/mol. The van der Waals surface area contributed by atoms with Crippen LogP contribution in [0.25, 0.3) is 0 Å². The molecule has 1 fully saturated rings. The van der Waals surface area contributed by atoms with E-state index in [0.29, 0.717) is 19.1 Å². The standard InChI is InChI=1S/C11H21NO3/c1-2-3-7-14-11(13)15-9-10-5-4-6-12-8-10/h10,12H,2-9H2,1H3. The maximum Gasteiger partial charge on any atom is 0.508 e. The van der Waals surface area contributed by atoms with Crippen LogP contribution in [0.15, 0.2) is 0 Å². The van der Waals surface area contributed by atoms with Crippen LogP contribution in [0.5, 0.6) is 0 Å². The topological polar surface area (TPSA) is 47.6 Å². The molecule has 88 valence electrons. The number of rotatable bonds is 5. The smallest absolute Gasteiger partial charge is 0.434 e. The van der Waals surface area contributed by atoms with E-state index in [2.05, 4.69) is 12.2 Å². The Morgan fingerprint density at radius 1 is 1.47 bits per heavy atom. The molecule has 4 heteroatoms. The number of hydrogen-bond acceptors (Lipinski definition) is 4. The molecule has 1 heterocycles. The molecular formula is C11H21NO3. The summed E-state index contributed by atoms with van der Waals surface area (Å²) < 4.78 is 9.92. The summed E-state index contributed by atoms with van der Waals surface area (Å²) in [5, 5.41) is 3.28. The molecule has 0 saturated carbocycles. The number of ether oxygens (including phenoxy) is 2. The maximum absolute atomic E-state index is 11.1. The van der Waals surface area contributed by atoms with Crippen molar-refractivity contribution in [3.8, 4) is 0 Å². The predicted molar refractivity (Wildman–Crippen MR) is 57.8 cm³/mol. The average molecular weight is 215 g/mol. The molecule has 1 atom stereocenters. The Balaban J connectivity index is 2.00. The summed E-state index contributed by atoms with van der Waals surface area (Å²) in [4.78, 5) is 11.1. The molecule has 0 bridgehead atoms. The minimum Gasteiger partial charge on any atom is -0.434 e. The highest BCUT2D eigenvalue weighted by Crippen LogP contribution is 2.10. The summed E-state index contributed by atoms with van der Waals surface area (Å²) in [5.41, 5.74) is 0. The van der Waals surface area contributed by atoms with E-state index in [4.69, 9.17) is 9.47 Å². The first-order chi connectivity index (χ1) is 7.33. The molecule has 4 nitrogen and oxygen atoms in total. The fraction of sp³-hybridized carbons (Fsp3) is 0.909. The first-order valence-electron chi connectivity index (χ1n) is 5.83. The SMILES string of the molecule is CCCCOC(=O)OCC1CCCNC1. The van der Waals surface area contributed by atoms with Gasteiger partial charge in [-0.25, -0.2) is 4.79 Å². The van der Waals surface area contributed by atoms with E-state index in [1.54, 1.807) is 0 Å². The molecule has 1 aliphatic heterocycles. The van der Waals surface area contributed by atoms with Gasteiger partial charge in [-0.05, 0) is 25.8 Å². The zero-order valence-electron chi connectivity index (χ0n) is 9.46. The largest absolute Gasteiger partial charge is 0.508 e. The Morgan fingerprint density at radius 2 is 2.33 bits per heavy atom. The van der Waals surface area contributed by atoms with Gasteiger partial charge in [-0.2, -0.15) is 0 Å². The van der Waals surface area contributed by atoms with Gasteiger partial charge in [0.25, 0.3) is 0 Å². The Hall–Kier alpha value is -0.770. The quantitative estimate of drug-likeness (QED) is 0.562. The van der Waals surface area contributed by atoms with Gasteiger partial charge in [0.1, 0.15) is 0 Å². The van der Waals surface area contributed by atoms with E-state index in [1.165, 1.54) is 6.42 Å². The number of hydrogen-bond donors (Lipinski definition) is 1. The first-order valence-corrected chi connectivity index (χ1v) is 5.83. The van der Waals surface area contributed by atoms with Gasteiger partial charge in [0.05, 0.1) is 13.2 Å². The van der Waals surface area contributed by atoms with Gasteiger partial charge in [-0.15, -0.1) is 0 Å². The lowest BCUT2D eigenvalue weighted by molar-refractivity contribution is 0.0407. The van der Waals surface area contributed by atoms with E-state index in [1.807, 2.05) is 0 Å². The second kappa shape index (κ2) is 7.51. The lowest BCUT2D eigenvalue weighted by Crippen LogP contribution is -2.32. The van der Waals surface area contributed by atoms with Crippen molar-refractivity contribution < 1.29 is 14.3 Å². The van der Waals surface area contributed by atoms with Gasteiger partial charge in [0.15, 0.2) is 0 Å². The summed E-state index contributed by atoms with van der Waals surface area (Å²) in [5.74, 6) is 0.456. The van der Waals surface area contributed by atoms with Crippen LogP contribution in [0.2, 0.25) is 0 Å². The molecule has 1 saturated heterocycles. The van der Waals surface area contributed by atoms with E-state index in [9.17, 15) is 4.79 Å². The number of carbonyl (C=O) groups is 1. The number of nitrogens with one attached hydrogen (secondary N) is 1. The Kier molecular flexibility index (Phi) is 6.16. The van der Waals surface area contributed by atoms with Crippen LogP contribution in [0.1, 0.15) is 32.6 Å². The Morgan fingerprint density at radius 3 is 3.00 bits per heavy atom. The summed E-state index contributed by atoms with van der Waals surface area (Å²) in [7, 11) is 0. The predicted octanol–water partition coefficient (Wildman–Crippen LogP) is 1.94. The molecule has 1 aliphatic rings. The van der Waals surface area contributed by atoms with Crippen LogP contribution in [0, 0.1) is 5.92 Å². The summed E-state index contributed by atoms with van der Waals surface area (Å²) in [6.45, 7) is 5.04. The van der Waals surface area contributed by atoms with E-state index >= 15 is 0 Å². The lowest BCUT2D eigenvalue weighted by atomic mass is 10.0. The fourth-order valence-electron chi connectivity index (χ4n) is 1.59. The minimum absolute atomic E-state index is 0.456. The molecule has 0 aromatic carbocycles. The summed E-state index contributed by atoms with van der Waals surface area (Å²) in [6, 6.07) is 0. The molecule has 1 rings (SSSR count). The molecule has 0 spiro atoms. The molecule has 0 aliphatic carbocycles. The Labute approximate surface area is 91.3 Å². The lowest BCUT2D eigenvalue weighted by Gasteiger charge is -2.21. The highest BCUT2D eigenvalue weighted by atomic mass is 16.7. The summed E-state index contributed by atoms with van der Waals surface area (Å²) in [6.07, 6.45) is 3.71. The van der Waals surface area contributed by atoms with Gasteiger partial charge >= 0.3 is 6.16 Å². The van der Waals surface area contributed by atoms with Gasteiger partial charge < -0.3 is 14.8 Å². The molecule has 1 N–H and O–H groups in total. The maximum atomic E-state index is 11.1. The van der Waals surface area contributed by atoms with Gasteiger partial charge in [-0.1, -0.05) is 13.3 Å². The number of piperidine rings is 1. The van der Waals surface area contributed by atoms with Crippen molar-refractivity contribution in [1.82, 2.24) is 5.32 Å². The van der Waals surface area contributed by atoms with E-state index in [0.717, 1.165) is 32.4 Å². The van der Waals surface area contributed by atoms with Crippen molar-refractivity contribution in [2.75, 3.05) is 26.3 Å². The first kappa shape index (κ1) is 12.3. The van der Waals surface area contributed by atoms with E-state index in [-0.39, 0.29) is 0 Å². The van der Waals surface area contributed by atoms with Crippen LogP contribution in [0.4, 0.5) is 4.79 Å². The Bertz CT molecular complexity index is 179. The molecule has 0 aromatic heterocycles. The molecule has 15 heavy (non-hydrogen) atoms. The average Bonchev–Trinajstić information content (AvgIpc) is 2.28. The van der Waals surface area contributed by atoms with Crippen molar-refractivity contribution in [1.29, 1.82) is 0 Å². The highest BCUT2D eigenvalue weighted by Gasteiger charge is 2.15. The third-order valence-corrected chi connectivity index (χ3v) is 2.55. The third-order valence-electron chi connectivity index (χ3n) is 2.55. The van der Waals surface area contributed by atoms with Crippen molar-refractivity contribution in [2.24, 2.45) is 5.92 Å². The second-order valence-electron chi connectivity index (χ2n) is 3.98. The van der Waals surface area contributed by atoms with Gasteiger partial charge in [-0.3, -0.25) is 0 Å². The highest BCUT2D eigenvalue weighted by molar-refractivity contribution is 5.59. The number of carbonyl (C=O) groups excluding carboxylic acids is 1. The van der Waals surface area contributed by atoms with E-state index < -0.39 is 6.16 Å². The van der Waals surface area contributed by atoms with Crippen LogP contribution in [-0.2, 0) is 9.47 Å². The monoisotopic (exact) mass is 215 g/mol. The second-order valence-corrected chi connectivity index (χ2v) is 3.98. The molecule has 0 amide bonds.